The van der Waals surface area contributed by atoms with Crippen molar-refractivity contribution < 1.29 is 9.59 Å². The van der Waals surface area contributed by atoms with Gasteiger partial charge in [-0.05, 0) is 46.2 Å². The molecule has 2 unspecified atom stereocenters. The molecule has 24 heavy (non-hydrogen) atoms. The second kappa shape index (κ2) is 33.6. The van der Waals surface area contributed by atoms with Crippen LogP contribution in [0, 0.1) is 5.92 Å². The number of hydrogen-bond donors (Lipinski definition) is 3. The van der Waals surface area contributed by atoms with E-state index >= 15 is 0 Å². The van der Waals surface area contributed by atoms with Crippen molar-refractivity contribution in [2.75, 3.05) is 13.6 Å². The van der Waals surface area contributed by atoms with Crippen LogP contribution in [-0.2, 0) is 9.59 Å². The Morgan fingerprint density at radius 2 is 1.42 bits per heavy atom. The first kappa shape index (κ1) is 34.4. The Labute approximate surface area is 152 Å². The molecule has 0 aromatic heterocycles. The number of hydrogen-bond acceptors (Lipinski definition) is 4. The third-order valence-corrected chi connectivity index (χ3v) is 2.49. The number of likely N-dealkylation sites (N-methyl/N-ethyl adjacent to an activating group) is 1. The maximum absolute atomic E-state index is 11.8. The first-order valence-corrected chi connectivity index (χ1v) is 9.52. The molecule has 0 spiro atoms. The number of carbonyl (C=O) groups is 2. The number of rotatable bonds is 7. The Morgan fingerprint density at radius 1 is 1.04 bits per heavy atom. The van der Waals surface area contributed by atoms with Crippen LogP contribution in [0.4, 0.5) is 0 Å². The number of carbonyl (C=O) groups excluding carboxylic acids is 2. The zero-order valence-corrected chi connectivity index (χ0v) is 18.3. The number of nitrogens with one attached hydrogen (secondary N) is 2. The van der Waals surface area contributed by atoms with E-state index in [1.807, 2.05) is 69.4 Å². The quantitative estimate of drug-likeness (QED) is 0.611. The summed E-state index contributed by atoms with van der Waals surface area (Å²) in [5, 5.41) is 6.02. The van der Waals surface area contributed by atoms with Gasteiger partial charge in [-0.1, -0.05) is 55.4 Å². The van der Waals surface area contributed by atoms with E-state index in [2.05, 4.69) is 10.6 Å². The summed E-state index contributed by atoms with van der Waals surface area (Å²) in [6, 6.07) is 0.0981. The van der Waals surface area contributed by atoms with E-state index in [9.17, 15) is 4.79 Å². The van der Waals surface area contributed by atoms with Gasteiger partial charge in [0.25, 0.3) is 0 Å². The monoisotopic (exact) mass is 349 g/mol. The Hall–Kier alpha value is -0.940. The summed E-state index contributed by atoms with van der Waals surface area (Å²) in [4.78, 5) is 20.6. The predicted octanol–water partition coefficient (Wildman–Crippen LogP) is 3.76. The fourth-order valence-corrected chi connectivity index (χ4v) is 1.60. The van der Waals surface area contributed by atoms with Gasteiger partial charge in [0, 0.05) is 6.04 Å². The molecule has 150 valence electrons. The van der Waals surface area contributed by atoms with E-state index in [1.54, 1.807) is 0 Å². The Morgan fingerprint density at radius 3 is 1.67 bits per heavy atom. The summed E-state index contributed by atoms with van der Waals surface area (Å²) < 4.78 is 0. The van der Waals surface area contributed by atoms with Crippen molar-refractivity contribution in [1.82, 2.24) is 10.6 Å². The molecular weight excluding hydrogens is 302 g/mol. The lowest BCUT2D eigenvalue weighted by atomic mass is 10.0. The first-order valence-electron chi connectivity index (χ1n) is 9.52. The average molecular weight is 350 g/mol. The van der Waals surface area contributed by atoms with Crippen molar-refractivity contribution in [2.24, 2.45) is 11.7 Å². The highest BCUT2D eigenvalue weighted by atomic mass is 16.2. The van der Waals surface area contributed by atoms with Crippen LogP contribution in [0.1, 0.15) is 82.1 Å². The molecule has 5 nitrogen and oxygen atoms in total. The molecule has 0 fully saturated rings. The van der Waals surface area contributed by atoms with E-state index < -0.39 is 0 Å². The number of aldehydes is 1. The van der Waals surface area contributed by atoms with Crippen molar-refractivity contribution in [2.45, 2.75) is 94.2 Å². The van der Waals surface area contributed by atoms with Gasteiger partial charge in [0.1, 0.15) is 6.29 Å². The molecule has 4 N–H and O–H groups in total. The van der Waals surface area contributed by atoms with Crippen molar-refractivity contribution in [3.8, 4) is 0 Å². The van der Waals surface area contributed by atoms with Gasteiger partial charge in [-0.3, -0.25) is 4.79 Å². The van der Waals surface area contributed by atoms with Gasteiger partial charge in [0.2, 0.25) is 5.91 Å². The molecule has 0 aromatic carbocycles. The van der Waals surface area contributed by atoms with E-state index in [4.69, 9.17) is 10.5 Å². The average Bonchev–Trinajstić information content (AvgIpc) is 2.59. The summed E-state index contributed by atoms with van der Waals surface area (Å²) in [5.74, 6) is 0.383. The number of amides is 1. The highest BCUT2D eigenvalue weighted by molar-refractivity contribution is 5.82. The van der Waals surface area contributed by atoms with Crippen molar-refractivity contribution >= 4 is 12.2 Å². The minimum atomic E-state index is -0.106. The highest BCUT2D eigenvalue weighted by Gasteiger charge is 2.20. The first-order chi connectivity index (χ1) is 11.4. The molecule has 0 heterocycles. The van der Waals surface area contributed by atoms with Crippen LogP contribution in [0.5, 0.6) is 0 Å². The summed E-state index contributed by atoms with van der Waals surface area (Å²) in [5.41, 5.74) is 5.42. The summed E-state index contributed by atoms with van der Waals surface area (Å²) in [6.45, 7) is 20.2. The molecule has 0 saturated heterocycles. The molecule has 0 bridgehead atoms. The fraction of sp³-hybridized carbons (Fsp3) is 0.895. The van der Waals surface area contributed by atoms with Gasteiger partial charge >= 0.3 is 0 Å². The molecular formula is C19H47N3O2. The topological polar surface area (TPSA) is 84.2 Å². The molecule has 0 aliphatic carbocycles. The zero-order valence-electron chi connectivity index (χ0n) is 18.3. The second-order valence-electron chi connectivity index (χ2n) is 4.59. The van der Waals surface area contributed by atoms with Gasteiger partial charge in [-0.25, -0.2) is 0 Å². The lowest BCUT2D eigenvalue weighted by Gasteiger charge is -2.22. The largest absolute Gasteiger partial charge is 0.352 e. The molecule has 0 aromatic rings. The minimum absolute atomic E-state index is 0.0806. The summed E-state index contributed by atoms with van der Waals surface area (Å²) in [6.07, 6.45) is 2.64. The van der Waals surface area contributed by atoms with Gasteiger partial charge < -0.3 is 21.2 Å². The number of nitrogens with two attached hydrogens (primary N) is 1. The lowest BCUT2D eigenvalue weighted by Crippen LogP contribution is -2.48. The molecule has 1 amide bonds. The van der Waals surface area contributed by atoms with Crippen molar-refractivity contribution in [3.05, 3.63) is 0 Å². The smallest absolute Gasteiger partial charge is 0.237 e. The molecule has 0 rings (SSSR count). The Balaban J connectivity index is -0.000000113. The normalized spacial score (nSPS) is 10.7. The van der Waals surface area contributed by atoms with Crippen LogP contribution < -0.4 is 16.4 Å². The second-order valence-corrected chi connectivity index (χ2v) is 4.59. The zero-order chi connectivity index (χ0) is 20.6. The Kier molecular flexibility index (Phi) is 48.2. The van der Waals surface area contributed by atoms with E-state index in [0.29, 0.717) is 12.5 Å². The van der Waals surface area contributed by atoms with E-state index in [1.165, 1.54) is 6.92 Å². The van der Waals surface area contributed by atoms with Crippen LogP contribution in [0.2, 0.25) is 0 Å². The Bertz CT molecular complexity index is 223. The van der Waals surface area contributed by atoms with Crippen LogP contribution in [0.15, 0.2) is 0 Å². The van der Waals surface area contributed by atoms with Crippen LogP contribution in [0.3, 0.4) is 0 Å². The summed E-state index contributed by atoms with van der Waals surface area (Å²) >= 11 is 0. The fourth-order valence-electron chi connectivity index (χ4n) is 1.60. The van der Waals surface area contributed by atoms with Gasteiger partial charge in [-0.15, -0.1) is 0 Å². The van der Waals surface area contributed by atoms with Gasteiger partial charge in [0.15, 0.2) is 0 Å². The standard InChI is InChI=1S/C11H25N3O.C2H4O.3C2H6/c1-8(2)10(13-4)11(15)14-9(3)6-5-7-12;1-2-3;3*1-2/h8-10,13H,5-7,12H2,1-4H3,(H,14,15);2H,1H3;3*1-2H3. The molecule has 5 heteroatoms. The van der Waals surface area contributed by atoms with E-state index in [-0.39, 0.29) is 18.0 Å². The van der Waals surface area contributed by atoms with Crippen molar-refractivity contribution in [1.29, 1.82) is 0 Å². The highest BCUT2D eigenvalue weighted by Crippen LogP contribution is 2.02. The molecule has 0 aliphatic rings. The maximum atomic E-state index is 11.8. The SMILES string of the molecule is CC.CC.CC.CC=O.CNC(C(=O)NC(C)CCCN)C(C)C. The van der Waals surface area contributed by atoms with Crippen LogP contribution in [0.25, 0.3) is 0 Å². The maximum Gasteiger partial charge on any atom is 0.237 e. The van der Waals surface area contributed by atoms with Crippen LogP contribution in [-0.4, -0.2) is 37.9 Å². The molecule has 0 saturated carbocycles. The molecule has 2 atom stereocenters. The summed E-state index contributed by atoms with van der Waals surface area (Å²) in [7, 11) is 1.81. The minimum Gasteiger partial charge on any atom is -0.352 e. The third-order valence-electron chi connectivity index (χ3n) is 2.49. The van der Waals surface area contributed by atoms with Gasteiger partial charge in [0.05, 0.1) is 6.04 Å². The van der Waals surface area contributed by atoms with Crippen molar-refractivity contribution in [3.63, 3.8) is 0 Å². The predicted molar refractivity (Wildman–Crippen MR) is 109 cm³/mol. The lowest BCUT2D eigenvalue weighted by molar-refractivity contribution is -0.124. The van der Waals surface area contributed by atoms with Crippen LogP contribution >= 0.6 is 0 Å². The molecule has 0 radical (unpaired) electrons. The van der Waals surface area contributed by atoms with Gasteiger partial charge in [-0.2, -0.15) is 0 Å². The molecule has 0 aliphatic heterocycles. The van der Waals surface area contributed by atoms with E-state index in [0.717, 1.165) is 19.1 Å². The third kappa shape index (κ3) is 29.1.